The highest BCUT2D eigenvalue weighted by Gasteiger charge is 2.09. The van der Waals surface area contributed by atoms with Crippen LogP contribution in [0.5, 0.6) is 11.5 Å². The summed E-state index contributed by atoms with van der Waals surface area (Å²) in [5.41, 5.74) is 5.09. The minimum atomic E-state index is -0.671. The van der Waals surface area contributed by atoms with E-state index in [0.29, 0.717) is 29.0 Å². The Labute approximate surface area is 199 Å². The first-order valence-electron chi connectivity index (χ1n) is 7.67. The number of amides is 2. The fraction of sp³-hybridized carbons (Fsp3) is 0.0588. The van der Waals surface area contributed by atoms with Crippen LogP contribution in [0.2, 0.25) is 0 Å². The maximum absolute atomic E-state index is 11.8. The number of benzene rings is 2. The number of hydrogen-bond acceptors (Lipinski definition) is 6. The number of carbonyl (C=O) groups excluding carboxylic acids is 2. The van der Waals surface area contributed by atoms with Crippen molar-refractivity contribution in [3.63, 3.8) is 0 Å². The highest BCUT2D eigenvalue weighted by molar-refractivity contribution is 9.11. The summed E-state index contributed by atoms with van der Waals surface area (Å²) in [4.78, 5) is 23.5. The van der Waals surface area contributed by atoms with Gasteiger partial charge in [0.05, 0.1) is 21.4 Å². The molecule has 0 unspecified atom stereocenters. The Morgan fingerprint density at radius 2 is 1.17 bits per heavy atom. The number of carbonyl (C=O) groups is 2. The molecule has 8 nitrogen and oxygen atoms in total. The number of aromatic hydroxyl groups is 2. The third kappa shape index (κ3) is 7.21. The number of hydrogen-bond donors (Lipinski definition) is 4. The first-order valence-corrected chi connectivity index (χ1v) is 10.8. The molecule has 0 spiro atoms. The predicted molar refractivity (Wildman–Crippen MR) is 123 cm³/mol. The fourth-order valence-electron chi connectivity index (χ4n) is 1.94. The quantitative estimate of drug-likeness (QED) is 0.212. The molecule has 0 saturated carbocycles. The van der Waals surface area contributed by atoms with E-state index in [2.05, 4.69) is 84.8 Å². The molecule has 2 aromatic carbocycles. The number of rotatable bonds is 6. The van der Waals surface area contributed by atoms with Gasteiger partial charge in [-0.05, 0) is 56.1 Å². The van der Waals surface area contributed by atoms with Crippen LogP contribution in [0.15, 0.2) is 52.4 Å². The van der Waals surface area contributed by atoms with Gasteiger partial charge in [0.1, 0.15) is 17.9 Å². The highest BCUT2D eigenvalue weighted by Crippen LogP contribution is 2.31. The number of nitrogens with one attached hydrogen (secondary N) is 2. The largest absolute Gasteiger partial charge is 0.506 e. The zero-order valence-electron chi connectivity index (χ0n) is 14.3. The summed E-state index contributed by atoms with van der Waals surface area (Å²) in [6.07, 6.45) is 1.97. The maximum Gasteiger partial charge on any atom is 0.249 e. The van der Waals surface area contributed by atoms with Crippen molar-refractivity contribution in [2.24, 2.45) is 10.2 Å². The molecule has 0 aliphatic carbocycles. The van der Waals surface area contributed by atoms with Gasteiger partial charge in [0.15, 0.2) is 0 Å². The monoisotopic (exact) mass is 652 g/mol. The van der Waals surface area contributed by atoms with Crippen LogP contribution in [0.25, 0.3) is 0 Å². The molecule has 0 radical (unpaired) electrons. The third-order valence-corrected chi connectivity index (χ3v) is 5.35. The van der Waals surface area contributed by atoms with Crippen molar-refractivity contribution in [2.75, 3.05) is 0 Å². The molecular formula is C17H12Br4N4O4. The molecule has 0 heterocycles. The number of phenols is 2. The molecule has 0 bridgehead atoms. The third-order valence-electron chi connectivity index (χ3n) is 3.22. The lowest BCUT2D eigenvalue weighted by Crippen LogP contribution is -2.27. The van der Waals surface area contributed by atoms with Crippen LogP contribution in [0, 0.1) is 0 Å². The van der Waals surface area contributed by atoms with Crippen LogP contribution in [0.4, 0.5) is 0 Å². The first kappa shape index (κ1) is 23.5. The maximum atomic E-state index is 11.8. The van der Waals surface area contributed by atoms with E-state index < -0.39 is 18.2 Å². The van der Waals surface area contributed by atoms with Gasteiger partial charge in [-0.15, -0.1) is 0 Å². The van der Waals surface area contributed by atoms with Crippen LogP contribution < -0.4 is 10.9 Å². The summed E-state index contributed by atoms with van der Waals surface area (Å²) < 4.78 is 2.33. The molecule has 0 fully saturated rings. The van der Waals surface area contributed by atoms with Crippen molar-refractivity contribution in [2.45, 2.75) is 6.42 Å². The van der Waals surface area contributed by atoms with Gasteiger partial charge in [-0.25, -0.2) is 10.9 Å². The summed E-state index contributed by atoms with van der Waals surface area (Å²) in [5.74, 6) is -1.42. The van der Waals surface area contributed by atoms with Gasteiger partial charge >= 0.3 is 0 Å². The number of nitrogens with zero attached hydrogens (tertiary/aromatic N) is 2. The second-order valence-electron chi connectivity index (χ2n) is 5.41. The summed E-state index contributed by atoms with van der Waals surface area (Å²) >= 11 is 12.9. The van der Waals surface area contributed by atoms with Crippen LogP contribution in [0.3, 0.4) is 0 Å². The predicted octanol–water partition coefficient (Wildman–Crippen LogP) is 4.14. The Bertz CT molecular complexity index is 932. The smallest absolute Gasteiger partial charge is 0.249 e. The Morgan fingerprint density at radius 3 is 1.55 bits per heavy atom. The molecule has 0 saturated heterocycles. The van der Waals surface area contributed by atoms with Crippen LogP contribution >= 0.6 is 63.7 Å². The summed E-state index contributed by atoms with van der Waals surface area (Å²) in [6, 6.07) is 6.52. The normalized spacial score (nSPS) is 11.2. The molecule has 0 aromatic heterocycles. The van der Waals surface area contributed by atoms with Crippen molar-refractivity contribution in [3.8, 4) is 11.5 Å². The zero-order chi connectivity index (χ0) is 21.6. The number of hydrazone groups is 2. The van der Waals surface area contributed by atoms with Crippen molar-refractivity contribution in [1.29, 1.82) is 0 Å². The van der Waals surface area contributed by atoms with E-state index in [-0.39, 0.29) is 11.5 Å². The molecule has 2 rings (SSSR count). The van der Waals surface area contributed by atoms with Crippen molar-refractivity contribution in [1.82, 2.24) is 10.9 Å². The summed E-state index contributed by atoms with van der Waals surface area (Å²) in [6.45, 7) is 0. The fourth-order valence-corrected chi connectivity index (χ4v) is 4.46. The summed E-state index contributed by atoms with van der Waals surface area (Å²) in [5, 5.41) is 27.2. The van der Waals surface area contributed by atoms with Gasteiger partial charge < -0.3 is 10.2 Å². The average molecular weight is 656 g/mol. The van der Waals surface area contributed by atoms with Crippen LogP contribution in [-0.2, 0) is 9.59 Å². The number of halogens is 4. The van der Waals surface area contributed by atoms with Gasteiger partial charge in [-0.3, -0.25) is 9.59 Å². The Hall–Kier alpha value is -1.76. The van der Waals surface area contributed by atoms with Gasteiger partial charge in [0, 0.05) is 20.1 Å². The minimum Gasteiger partial charge on any atom is -0.506 e. The molecule has 0 aliphatic heterocycles. The number of phenolic OH excluding ortho intramolecular Hbond substituents is 2. The lowest BCUT2D eigenvalue weighted by Gasteiger charge is -2.04. The van der Waals surface area contributed by atoms with Crippen molar-refractivity contribution < 1.29 is 19.8 Å². The van der Waals surface area contributed by atoms with Crippen LogP contribution in [0.1, 0.15) is 17.5 Å². The second-order valence-corrected chi connectivity index (χ2v) is 8.95. The molecule has 4 N–H and O–H groups in total. The van der Waals surface area contributed by atoms with E-state index in [0.717, 1.165) is 0 Å². The SMILES string of the molecule is O=C(CC(=O)N/N=C\c1cc(Br)cc(Br)c1O)N/N=C\c1cc(Br)cc(Br)c1O. The van der Waals surface area contributed by atoms with E-state index in [4.69, 9.17) is 0 Å². The van der Waals surface area contributed by atoms with Crippen LogP contribution in [-0.4, -0.2) is 34.5 Å². The lowest BCUT2D eigenvalue weighted by atomic mass is 10.2. The topological polar surface area (TPSA) is 123 Å². The Balaban J connectivity index is 1.88. The molecule has 152 valence electrons. The molecule has 0 atom stereocenters. The van der Waals surface area contributed by atoms with Crippen molar-refractivity contribution in [3.05, 3.63) is 53.3 Å². The van der Waals surface area contributed by atoms with Crippen molar-refractivity contribution >= 4 is 88.0 Å². The van der Waals surface area contributed by atoms with E-state index in [1.807, 2.05) is 0 Å². The Kier molecular flexibility index (Phi) is 8.80. The lowest BCUT2D eigenvalue weighted by molar-refractivity contribution is -0.129. The summed E-state index contributed by atoms with van der Waals surface area (Å²) in [7, 11) is 0. The van der Waals surface area contributed by atoms with E-state index in [1.54, 1.807) is 24.3 Å². The van der Waals surface area contributed by atoms with Gasteiger partial charge in [-0.1, -0.05) is 31.9 Å². The van der Waals surface area contributed by atoms with E-state index in [9.17, 15) is 19.8 Å². The molecular weight excluding hydrogens is 644 g/mol. The first-order chi connectivity index (χ1) is 13.7. The molecule has 2 aromatic rings. The molecule has 12 heteroatoms. The van der Waals surface area contributed by atoms with E-state index in [1.165, 1.54) is 12.4 Å². The highest BCUT2D eigenvalue weighted by atomic mass is 79.9. The standard InChI is InChI=1S/C17H12Br4N4O4/c18-10-1-8(16(28)12(20)3-10)6-22-24-14(26)5-15(27)25-23-7-9-2-11(19)4-13(21)17(9)29/h1-4,6-7,28-29H,5H2,(H,24,26)(H,25,27)/b22-6-,23-7-. The van der Waals surface area contributed by atoms with E-state index >= 15 is 0 Å². The second kappa shape index (κ2) is 10.9. The average Bonchev–Trinajstić information content (AvgIpc) is 2.62. The van der Waals surface area contributed by atoms with Gasteiger partial charge in [-0.2, -0.15) is 10.2 Å². The molecule has 29 heavy (non-hydrogen) atoms. The molecule has 2 amide bonds. The van der Waals surface area contributed by atoms with Gasteiger partial charge in [0.25, 0.3) is 0 Å². The molecule has 0 aliphatic rings. The zero-order valence-corrected chi connectivity index (χ0v) is 20.6. The minimum absolute atomic E-state index is 0.0410. The Morgan fingerprint density at radius 1 is 0.793 bits per heavy atom. The van der Waals surface area contributed by atoms with Gasteiger partial charge in [0.2, 0.25) is 11.8 Å².